The van der Waals surface area contributed by atoms with Crippen molar-refractivity contribution in [2.24, 2.45) is 0 Å². The van der Waals surface area contributed by atoms with Crippen molar-refractivity contribution >= 4 is 23.7 Å². The summed E-state index contributed by atoms with van der Waals surface area (Å²) in [5.74, 6) is -1.69. The first kappa shape index (κ1) is 19.6. The van der Waals surface area contributed by atoms with E-state index in [0.717, 1.165) is 17.7 Å². The van der Waals surface area contributed by atoms with Crippen molar-refractivity contribution in [3.8, 4) is 0 Å². The van der Waals surface area contributed by atoms with Crippen LogP contribution in [0.3, 0.4) is 0 Å². The first-order chi connectivity index (χ1) is 12.4. The number of hydrogen-bond donors (Lipinski definition) is 0. The lowest BCUT2D eigenvalue weighted by atomic mass is 10.1. The van der Waals surface area contributed by atoms with E-state index in [4.69, 9.17) is 0 Å². The molecule has 3 amide bonds. The predicted molar refractivity (Wildman–Crippen MR) is 94.5 cm³/mol. The molecule has 0 fully saturated rings. The zero-order valence-electron chi connectivity index (χ0n) is 15.4. The van der Waals surface area contributed by atoms with Gasteiger partial charge in [-0.05, 0) is 25.5 Å². The maximum atomic E-state index is 12.9. The second kappa shape index (κ2) is 8.60. The van der Waals surface area contributed by atoms with E-state index in [1.807, 2.05) is 6.92 Å². The lowest BCUT2D eigenvalue weighted by molar-refractivity contribution is -0.142. The number of methoxy groups -OCH3 is 1. The van der Waals surface area contributed by atoms with Gasteiger partial charge in [0.05, 0.1) is 24.7 Å². The van der Waals surface area contributed by atoms with Crippen LogP contribution >= 0.6 is 0 Å². The van der Waals surface area contributed by atoms with Crippen LogP contribution in [0.15, 0.2) is 24.3 Å². The Morgan fingerprint density at radius 3 is 2.19 bits per heavy atom. The van der Waals surface area contributed by atoms with Gasteiger partial charge < -0.3 is 9.64 Å². The fourth-order valence-electron chi connectivity index (χ4n) is 2.94. The van der Waals surface area contributed by atoms with Crippen molar-refractivity contribution in [2.45, 2.75) is 39.2 Å². The SMILES string of the molecule is CCCCN(CCC(=O)OC)C(=O)C(C)N1C(=O)c2ccccc2C1=O. The number of carbonyl (C=O) groups is 4. The van der Waals surface area contributed by atoms with Gasteiger partial charge in [-0.1, -0.05) is 25.5 Å². The third kappa shape index (κ3) is 3.92. The van der Waals surface area contributed by atoms with Crippen LogP contribution in [0.5, 0.6) is 0 Å². The molecular formula is C19H24N2O5. The fraction of sp³-hybridized carbons (Fsp3) is 0.474. The number of rotatable bonds is 8. The van der Waals surface area contributed by atoms with E-state index >= 15 is 0 Å². The molecule has 1 atom stereocenters. The Labute approximate surface area is 152 Å². The number of fused-ring (bicyclic) bond motifs is 1. The third-order valence-electron chi connectivity index (χ3n) is 4.48. The summed E-state index contributed by atoms with van der Waals surface area (Å²) in [5, 5.41) is 0. The van der Waals surface area contributed by atoms with E-state index in [-0.39, 0.29) is 18.9 Å². The smallest absolute Gasteiger partial charge is 0.307 e. The molecule has 0 radical (unpaired) electrons. The number of carbonyl (C=O) groups excluding carboxylic acids is 4. The van der Waals surface area contributed by atoms with Crippen LogP contribution < -0.4 is 0 Å². The Morgan fingerprint density at radius 2 is 1.69 bits per heavy atom. The van der Waals surface area contributed by atoms with Crippen molar-refractivity contribution in [2.75, 3.05) is 20.2 Å². The number of nitrogens with zero attached hydrogens (tertiary/aromatic N) is 2. The lowest BCUT2D eigenvalue weighted by Crippen LogP contribution is -2.50. The van der Waals surface area contributed by atoms with Gasteiger partial charge in [-0.2, -0.15) is 0 Å². The van der Waals surface area contributed by atoms with Crippen molar-refractivity contribution in [3.63, 3.8) is 0 Å². The number of benzene rings is 1. The maximum absolute atomic E-state index is 12.9. The highest BCUT2D eigenvalue weighted by atomic mass is 16.5. The fourth-order valence-corrected chi connectivity index (χ4v) is 2.94. The summed E-state index contributed by atoms with van der Waals surface area (Å²) >= 11 is 0. The highest BCUT2D eigenvalue weighted by Gasteiger charge is 2.41. The highest BCUT2D eigenvalue weighted by Crippen LogP contribution is 2.25. The van der Waals surface area contributed by atoms with Crippen molar-refractivity contribution < 1.29 is 23.9 Å². The van der Waals surface area contributed by atoms with E-state index in [1.165, 1.54) is 12.0 Å². The number of esters is 1. The Morgan fingerprint density at radius 1 is 1.12 bits per heavy atom. The molecule has 26 heavy (non-hydrogen) atoms. The molecule has 1 aromatic rings. The molecule has 0 saturated heterocycles. The Bertz CT molecular complexity index is 681. The molecule has 0 aliphatic carbocycles. The van der Waals surface area contributed by atoms with Crippen LogP contribution in [0.2, 0.25) is 0 Å². The number of hydrogen-bond acceptors (Lipinski definition) is 5. The molecule has 0 saturated carbocycles. The summed E-state index contributed by atoms with van der Waals surface area (Å²) in [5.41, 5.74) is 0.624. The molecule has 140 valence electrons. The van der Waals surface area contributed by atoms with Crippen molar-refractivity contribution in [1.29, 1.82) is 0 Å². The van der Waals surface area contributed by atoms with Crippen molar-refractivity contribution in [1.82, 2.24) is 9.80 Å². The number of unbranched alkanes of at least 4 members (excludes halogenated alkanes) is 1. The Balaban J connectivity index is 2.16. The normalized spacial score (nSPS) is 14.2. The van der Waals surface area contributed by atoms with Gasteiger partial charge in [0, 0.05) is 13.1 Å². The summed E-state index contributed by atoms with van der Waals surface area (Å²) in [4.78, 5) is 52.0. The largest absolute Gasteiger partial charge is 0.469 e. The molecule has 2 rings (SSSR count). The molecule has 1 heterocycles. The predicted octanol–water partition coefficient (Wildman–Crippen LogP) is 1.86. The van der Waals surface area contributed by atoms with E-state index in [1.54, 1.807) is 31.2 Å². The molecule has 1 aliphatic heterocycles. The summed E-state index contributed by atoms with van der Waals surface area (Å²) in [7, 11) is 1.29. The Hall–Kier alpha value is -2.70. The van der Waals surface area contributed by atoms with Crippen LogP contribution in [0, 0.1) is 0 Å². The minimum Gasteiger partial charge on any atom is -0.469 e. The van der Waals surface area contributed by atoms with Gasteiger partial charge in [-0.3, -0.25) is 24.1 Å². The maximum Gasteiger partial charge on any atom is 0.307 e. The summed E-state index contributed by atoms with van der Waals surface area (Å²) in [6.45, 7) is 4.19. The average molecular weight is 360 g/mol. The van der Waals surface area contributed by atoms with Gasteiger partial charge in [0.2, 0.25) is 5.91 Å². The standard InChI is InChI=1S/C19H24N2O5/c1-4-5-11-20(12-10-16(22)26-3)17(23)13(2)21-18(24)14-8-6-7-9-15(14)19(21)25/h6-9,13H,4-5,10-12H2,1-3H3. The molecule has 0 aromatic heterocycles. The molecule has 0 N–H and O–H groups in total. The van der Waals surface area contributed by atoms with Crippen LogP contribution in [0.25, 0.3) is 0 Å². The zero-order valence-corrected chi connectivity index (χ0v) is 15.4. The number of ether oxygens (including phenoxy) is 1. The first-order valence-electron chi connectivity index (χ1n) is 8.74. The van der Waals surface area contributed by atoms with E-state index < -0.39 is 23.8 Å². The Kier molecular flexibility index (Phi) is 6.49. The van der Waals surface area contributed by atoms with Gasteiger partial charge in [-0.15, -0.1) is 0 Å². The van der Waals surface area contributed by atoms with Crippen molar-refractivity contribution in [3.05, 3.63) is 35.4 Å². The first-order valence-corrected chi connectivity index (χ1v) is 8.74. The lowest BCUT2D eigenvalue weighted by Gasteiger charge is -2.29. The van der Waals surface area contributed by atoms with Crippen LogP contribution in [-0.4, -0.2) is 59.7 Å². The third-order valence-corrected chi connectivity index (χ3v) is 4.48. The van der Waals surface area contributed by atoms with Gasteiger partial charge in [0.25, 0.3) is 11.8 Å². The second-order valence-electron chi connectivity index (χ2n) is 6.21. The zero-order chi connectivity index (χ0) is 19.3. The number of imide groups is 1. The van der Waals surface area contributed by atoms with Crippen LogP contribution in [0.1, 0.15) is 53.8 Å². The summed E-state index contributed by atoms with van der Waals surface area (Å²) < 4.78 is 4.63. The molecule has 7 heteroatoms. The highest BCUT2D eigenvalue weighted by molar-refractivity contribution is 6.22. The summed E-state index contributed by atoms with van der Waals surface area (Å²) in [6.07, 6.45) is 1.71. The van der Waals surface area contributed by atoms with E-state index in [9.17, 15) is 19.2 Å². The molecule has 1 aliphatic rings. The minimum atomic E-state index is -0.933. The van der Waals surface area contributed by atoms with Gasteiger partial charge in [0.15, 0.2) is 0 Å². The number of amides is 3. The molecule has 0 spiro atoms. The molecule has 1 unspecified atom stereocenters. The van der Waals surface area contributed by atoms with Crippen LogP contribution in [-0.2, 0) is 14.3 Å². The molecule has 7 nitrogen and oxygen atoms in total. The monoisotopic (exact) mass is 360 g/mol. The topological polar surface area (TPSA) is 84.0 Å². The molecular weight excluding hydrogens is 336 g/mol. The van der Waals surface area contributed by atoms with Gasteiger partial charge in [-0.25, -0.2) is 0 Å². The molecule has 1 aromatic carbocycles. The minimum absolute atomic E-state index is 0.0702. The van der Waals surface area contributed by atoms with E-state index in [0.29, 0.717) is 17.7 Å². The quantitative estimate of drug-likeness (QED) is 0.522. The van der Waals surface area contributed by atoms with Gasteiger partial charge in [0.1, 0.15) is 6.04 Å². The second-order valence-corrected chi connectivity index (χ2v) is 6.21. The molecule has 0 bridgehead atoms. The average Bonchev–Trinajstić information content (AvgIpc) is 2.91. The van der Waals surface area contributed by atoms with Crippen LogP contribution in [0.4, 0.5) is 0 Å². The van der Waals surface area contributed by atoms with E-state index in [2.05, 4.69) is 4.74 Å². The summed E-state index contributed by atoms with van der Waals surface area (Å²) in [6, 6.07) is 5.60. The van der Waals surface area contributed by atoms with Gasteiger partial charge >= 0.3 is 5.97 Å².